The average molecular weight is 401 g/mol. The fourth-order valence-electron chi connectivity index (χ4n) is 3.09. The van der Waals surface area contributed by atoms with Gasteiger partial charge in [0.15, 0.2) is 0 Å². The summed E-state index contributed by atoms with van der Waals surface area (Å²) >= 11 is 6.11. The van der Waals surface area contributed by atoms with Crippen molar-refractivity contribution in [3.05, 3.63) is 71.3 Å². The van der Waals surface area contributed by atoms with Gasteiger partial charge < -0.3 is 14.7 Å². The van der Waals surface area contributed by atoms with Gasteiger partial charge in [-0.1, -0.05) is 48.0 Å². The Balaban J connectivity index is 1.40. The number of halogens is 1. The summed E-state index contributed by atoms with van der Waals surface area (Å²) in [5.41, 5.74) is 0.831. The molecule has 1 atom stereocenters. The van der Waals surface area contributed by atoms with Crippen LogP contribution < -0.4 is 4.74 Å². The third-order valence-electron chi connectivity index (χ3n) is 4.65. The first-order valence-electron chi connectivity index (χ1n) is 9.41. The highest BCUT2D eigenvalue weighted by molar-refractivity contribution is 6.32. The summed E-state index contributed by atoms with van der Waals surface area (Å²) in [6.07, 6.45) is 2.75. The van der Waals surface area contributed by atoms with Crippen LogP contribution >= 0.6 is 11.6 Å². The number of β-amino-alcohol motifs (C(OH)–C–C–N with tert-alkyl or cyclic N) is 1. The highest BCUT2D eigenvalue weighted by Gasteiger charge is 2.21. The largest absolute Gasteiger partial charge is 0.491 e. The zero-order valence-corrected chi connectivity index (χ0v) is 16.5. The predicted molar refractivity (Wildman–Crippen MR) is 111 cm³/mol. The molecule has 6 heteroatoms. The molecule has 5 nitrogen and oxygen atoms in total. The topological polar surface area (TPSA) is 53.0 Å². The fraction of sp³-hybridized carbons (Fsp3) is 0.318. The second-order valence-electron chi connectivity index (χ2n) is 6.76. The molecule has 28 heavy (non-hydrogen) atoms. The van der Waals surface area contributed by atoms with Gasteiger partial charge in [-0.2, -0.15) is 0 Å². The number of ether oxygens (including phenoxy) is 1. The second kappa shape index (κ2) is 10.3. The minimum absolute atomic E-state index is 0.0208. The number of piperazine rings is 1. The van der Waals surface area contributed by atoms with E-state index in [0.29, 0.717) is 24.7 Å². The molecule has 1 unspecified atom stereocenters. The molecule has 0 radical (unpaired) electrons. The molecule has 1 aliphatic rings. The SMILES string of the molecule is O=C(C=Cc1ccccc1Cl)N1CCN(CC(O)COc2ccccc2)CC1. The maximum atomic E-state index is 12.4. The summed E-state index contributed by atoms with van der Waals surface area (Å²) in [5.74, 6) is 0.731. The smallest absolute Gasteiger partial charge is 0.246 e. The summed E-state index contributed by atoms with van der Waals surface area (Å²) in [6, 6.07) is 16.9. The Morgan fingerprint density at radius 1 is 1.07 bits per heavy atom. The summed E-state index contributed by atoms with van der Waals surface area (Å²) < 4.78 is 5.59. The Labute approximate surface area is 170 Å². The van der Waals surface area contributed by atoms with Crippen LogP contribution in [-0.4, -0.2) is 66.2 Å². The zero-order chi connectivity index (χ0) is 19.8. The number of benzene rings is 2. The molecule has 1 saturated heterocycles. The number of carbonyl (C=O) groups is 1. The highest BCUT2D eigenvalue weighted by Crippen LogP contribution is 2.16. The molecule has 2 aromatic carbocycles. The van der Waals surface area contributed by atoms with E-state index in [0.717, 1.165) is 24.4 Å². The van der Waals surface area contributed by atoms with Crippen molar-refractivity contribution in [3.63, 3.8) is 0 Å². The van der Waals surface area contributed by atoms with Crippen LogP contribution in [-0.2, 0) is 4.79 Å². The minimum Gasteiger partial charge on any atom is -0.491 e. The van der Waals surface area contributed by atoms with Gasteiger partial charge in [0.05, 0.1) is 0 Å². The lowest BCUT2D eigenvalue weighted by Gasteiger charge is -2.35. The lowest BCUT2D eigenvalue weighted by molar-refractivity contribution is -0.127. The van der Waals surface area contributed by atoms with E-state index in [4.69, 9.17) is 16.3 Å². The van der Waals surface area contributed by atoms with Gasteiger partial charge in [0.25, 0.3) is 0 Å². The number of para-hydroxylation sites is 1. The first-order chi connectivity index (χ1) is 13.6. The molecule has 1 aliphatic heterocycles. The first-order valence-corrected chi connectivity index (χ1v) is 9.79. The molecule has 1 fully saturated rings. The van der Waals surface area contributed by atoms with Crippen LogP contribution in [0.1, 0.15) is 5.56 Å². The van der Waals surface area contributed by atoms with E-state index in [9.17, 15) is 9.90 Å². The monoisotopic (exact) mass is 400 g/mol. The van der Waals surface area contributed by atoms with Crippen molar-refractivity contribution in [1.82, 2.24) is 9.80 Å². The van der Waals surface area contributed by atoms with E-state index < -0.39 is 6.10 Å². The van der Waals surface area contributed by atoms with Crippen LogP contribution in [0, 0.1) is 0 Å². The van der Waals surface area contributed by atoms with E-state index >= 15 is 0 Å². The third kappa shape index (κ3) is 6.09. The number of carbonyl (C=O) groups excluding carboxylic acids is 1. The van der Waals surface area contributed by atoms with Gasteiger partial charge >= 0.3 is 0 Å². The number of amides is 1. The molecule has 1 heterocycles. The summed E-state index contributed by atoms with van der Waals surface area (Å²) in [7, 11) is 0. The fourth-order valence-corrected chi connectivity index (χ4v) is 3.29. The number of aliphatic hydroxyl groups is 1. The summed E-state index contributed by atoms with van der Waals surface area (Å²) in [5, 5.41) is 10.8. The molecule has 0 spiro atoms. The molecule has 3 rings (SSSR count). The maximum Gasteiger partial charge on any atom is 0.246 e. The zero-order valence-electron chi connectivity index (χ0n) is 15.7. The van der Waals surface area contributed by atoms with Crippen molar-refractivity contribution >= 4 is 23.6 Å². The van der Waals surface area contributed by atoms with Gasteiger partial charge in [-0.3, -0.25) is 9.69 Å². The minimum atomic E-state index is -0.567. The Kier molecular flexibility index (Phi) is 7.48. The van der Waals surface area contributed by atoms with Crippen molar-refractivity contribution in [2.75, 3.05) is 39.3 Å². The number of hydrogen-bond donors (Lipinski definition) is 1. The van der Waals surface area contributed by atoms with E-state index in [1.54, 1.807) is 18.2 Å². The van der Waals surface area contributed by atoms with E-state index in [2.05, 4.69) is 4.90 Å². The summed E-state index contributed by atoms with van der Waals surface area (Å²) in [4.78, 5) is 16.3. The Bertz CT molecular complexity index is 789. The number of rotatable bonds is 7. The predicted octanol–water partition coefficient (Wildman–Crippen LogP) is 2.94. The van der Waals surface area contributed by atoms with Crippen LogP contribution in [0.15, 0.2) is 60.7 Å². The van der Waals surface area contributed by atoms with E-state index in [-0.39, 0.29) is 12.5 Å². The molecular formula is C22H25ClN2O3. The maximum absolute atomic E-state index is 12.4. The van der Waals surface area contributed by atoms with Crippen LogP contribution in [0.5, 0.6) is 5.75 Å². The van der Waals surface area contributed by atoms with Crippen molar-refractivity contribution in [1.29, 1.82) is 0 Å². The van der Waals surface area contributed by atoms with Gasteiger partial charge in [0, 0.05) is 43.8 Å². The van der Waals surface area contributed by atoms with Crippen LogP contribution in [0.3, 0.4) is 0 Å². The van der Waals surface area contributed by atoms with Crippen LogP contribution in [0.4, 0.5) is 0 Å². The summed E-state index contributed by atoms with van der Waals surface area (Å²) in [6.45, 7) is 3.52. The van der Waals surface area contributed by atoms with Crippen LogP contribution in [0.2, 0.25) is 5.02 Å². The quantitative estimate of drug-likeness (QED) is 0.726. The normalized spacial score (nSPS) is 16.3. The van der Waals surface area contributed by atoms with Gasteiger partial charge in [0.2, 0.25) is 5.91 Å². The number of nitrogens with zero attached hydrogens (tertiary/aromatic N) is 2. The lowest BCUT2D eigenvalue weighted by Crippen LogP contribution is -2.50. The molecule has 1 amide bonds. The van der Waals surface area contributed by atoms with E-state index in [1.807, 2.05) is 53.4 Å². The molecule has 0 bridgehead atoms. The second-order valence-corrected chi connectivity index (χ2v) is 7.17. The van der Waals surface area contributed by atoms with Crippen molar-refractivity contribution in [2.45, 2.75) is 6.10 Å². The molecule has 148 valence electrons. The molecule has 2 aromatic rings. The van der Waals surface area contributed by atoms with Gasteiger partial charge in [-0.05, 0) is 29.8 Å². The molecular weight excluding hydrogens is 376 g/mol. The Morgan fingerprint density at radius 3 is 2.46 bits per heavy atom. The van der Waals surface area contributed by atoms with Crippen molar-refractivity contribution in [2.24, 2.45) is 0 Å². The van der Waals surface area contributed by atoms with E-state index in [1.165, 1.54) is 0 Å². The highest BCUT2D eigenvalue weighted by atomic mass is 35.5. The van der Waals surface area contributed by atoms with Gasteiger partial charge in [0.1, 0.15) is 18.5 Å². The Morgan fingerprint density at radius 2 is 1.75 bits per heavy atom. The van der Waals surface area contributed by atoms with Gasteiger partial charge in [-0.25, -0.2) is 0 Å². The Hall–Kier alpha value is -2.34. The van der Waals surface area contributed by atoms with Crippen molar-refractivity contribution < 1.29 is 14.6 Å². The van der Waals surface area contributed by atoms with Crippen LogP contribution in [0.25, 0.3) is 6.08 Å². The molecule has 0 aliphatic carbocycles. The molecule has 1 N–H and O–H groups in total. The lowest BCUT2D eigenvalue weighted by atomic mass is 10.2. The number of hydrogen-bond acceptors (Lipinski definition) is 4. The average Bonchev–Trinajstić information content (AvgIpc) is 2.73. The van der Waals surface area contributed by atoms with Crippen molar-refractivity contribution in [3.8, 4) is 5.75 Å². The number of aliphatic hydroxyl groups excluding tert-OH is 1. The first kappa shape index (κ1) is 20.4. The molecule has 0 saturated carbocycles. The standard InChI is InChI=1S/C22H25ClN2O3/c23-21-9-5-4-6-18(21)10-11-22(27)25-14-12-24(13-15-25)16-19(26)17-28-20-7-2-1-3-8-20/h1-11,19,26H,12-17H2. The third-order valence-corrected chi connectivity index (χ3v) is 4.99. The molecule has 0 aromatic heterocycles. The van der Waals surface area contributed by atoms with Gasteiger partial charge in [-0.15, -0.1) is 0 Å².